The van der Waals surface area contributed by atoms with E-state index in [1.165, 1.54) is 30.6 Å². The molecule has 2 atom stereocenters. The molecular weight excluding hydrogens is 254 g/mol. The van der Waals surface area contributed by atoms with E-state index in [-0.39, 0.29) is 0 Å². The van der Waals surface area contributed by atoms with Gasteiger partial charge < -0.3 is 10.1 Å². The lowest BCUT2D eigenvalue weighted by Crippen LogP contribution is -2.33. The Morgan fingerprint density at radius 2 is 2.21 bits per heavy atom. The van der Waals surface area contributed by atoms with Gasteiger partial charge in [-0.3, -0.25) is 0 Å². The van der Waals surface area contributed by atoms with Gasteiger partial charge in [-0.25, -0.2) is 0 Å². The normalized spacial score (nSPS) is 22.6. The average Bonchev–Trinajstić information content (AvgIpc) is 2.85. The minimum Gasteiger partial charge on any atom is -0.494 e. The summed E-state index contributed by atoms with van der Waals surface area (Å²) in [5.74, 6) is 2.20. The first kappa shape index (κ1) is 14.7. The van der Waals surface area contributed by atoms with Crippen LogP contribution in [0.25, 0.3) is 0 Å². The summed E-state index contributed by atoms with van der Waals surface area (Å²) in [5, 5.41) is 4.53. The monoisotopic (exact) mass is 279 g/mol. The van der Waals surface area contributed by atoms with Crippen LogP contribution in [0.4, 0.5) is 0 Å². The lowest BCUT2D eigenvalue weighted by molar-refractivity contribution is 0.339. The van der Waals surface area contributed by atoms with Crippen molar-refractivity contribution in [3.8, 4) is 5.75 Å². The molecule has 1 aromatic rings. The van der Waals surface area contributed by atoms with Crippen LogP contribution >= 0.6 is 11.8 Å². The Labute approximate surface area is 121 Å². The molecule has 1 saturated carbocycles. The molecule has 0 saturated heterocycles. The highest BCUT2D eigenvalue weighted by Gasteiger charge is 2.26. The van der Waals surface area contributed by atoms with Gasteiger partial charge in [0.05, 0.1) is 6.61 Å². The number of thioether (sulfide) groups is 1. The Morgan fingerprint density at radius 1 is 1.32 bits per heavy atom. The van der Waals surface area contributed by atoms with Crippen LogP contribution in [0.15, 0.2) is 24.3 Å². The minimum absolute atomic E-state index is 0.681. The second-order valence-electron chi connectivity index (χ2n) is 4.99. The Bertz CT molecular complexity index is 383. The standard InChI is InChI=1S/C16H25NOS/c1-3-18-14-8-5-7-13(11-14)12-17-15-9-6-10-16(15)19-4-2/h5,7-8,11,15-17H,3-4,6,9-10,12H2,1-2H3. The van der Waals surface area contributed by atoms with Crippen LogP contribution in [0, 0.1) is 0 Å². The molecule has 0 aliphatic heterocycles. The summed E-state index contributed by atoms with van der Waals surface area (Å²) in [6, 6.07) is 9.10. The summed E-state index contributed by atoms with van der Waals surface area (Å²) < 4.78 is 5.55. The van der Waals surface area contributed by atoms with Gasteiger partial charge in [-0.2, -0.15) is 11.8 Å². The lowest BCUT2D eigenvalue weighted by atomic mass is 10.2. The summed E-state index contributed by atoms with van der Waals surface area (Å²) in [7, 11) is 0. The van der Waals surface area contributed by atoms with Gasteiger partial charge in [0, 0.05) is 17.8 Å². The van der Waals surface area contributed by atoms with Crippen molar-refractivity contribution in [2.75, 3.05) is 12.4 Å². The van der Waals surface area contributed by atoms with E-state index in [2.05, 4.69) is 42.2 Å². The van der Waals surface area contributed by atoms with Crippen LogP contribution in [-0.2, 0) is 6.54 Å². The molecule has 2 nitrogen and oxygen atoms in total. The molecule has 1 aliphatic carbocycles. The van der Waals surface area contributed by atoms with Crippen LogP contribution in [0.1, 0.15) is 38.7 Å². The zero-order chi connectivity index (χ0) is 13.5. The Morgan fingerprint density at radius 3 is 3.00 bits per heavy atom. The number of hydrogen-bond donors (Lipinski definition) is 1. The van der Waals surface area contributed by atoms with Crippen molar-refractivity contribution in [2.24, 2.45) is 0 Å². The first-order valence-electron chi connectivity index (χ1n) is 7.40. The van der Waals surface area contributed by atoms with E-state index in [1.807, 2.05) is 13.0 Å². The van der Waals surface area contributed by atoms with E-state index in [0.29, 0.717) is 6.04 Å². The molecule has 0 radical (unpaired) electrons. The van der Waals surface area contributed by atoms with Crippen molar-refractivity contribution >= 4 is 11.8 Å². The fourth-order valence-corrected chi connectivity index (χ4v) is 3.96. The topological polar surface area (TPSA) is 21.3 Å². The molecule has 19 heavy (non-hydrogen) atoms. The van der Waals surface area contributed by atoms with Crippen LogP contribution in [0.2, 0.25) is 0 Å². The van der Waals surface area contributed by atoms with Crippen molar-refractivity contribution in [3.05, 3.63) is 29.8 Å². The maximum Gasteiger partial charge on any atom is 0.119 e. The molecular formula is C16H25NOS. The van der Waals surface area contributed by atoms with Crippen molar-refractivity contribution in [1.29, 1.82) is 0 Å². The SMILES string of the molecule is CCOc1cccc(CNC2CCCC2SCC)c1. The molecule has 1 fully saturated rings. The number of hydrogen-bond acceptors (Lipinski definition) is 3. The van der Waals surface area contributed by atoms with Gasteiger partial charge in [-0.15, -0.1) is 0 Å². The van der Waals surface area contributed by atoms with E-state index in [9.17, 15) is 0 Å². The molecule has 2 rings (SSSR count). The summed E-state index contributed by atoms with van der Waals surface area (Å²) >= 11 is 2.11. The molecule has 1 aromatic carbocycles. The molecule has 3 heteroatoms. The molecule has 0 aromatic heterocycles. The molecule has 2 unspecified atom stereocenters. The van der Waals surface area contributed by atoms with Gasteiger partial charge >= 0.3 is 0 Å². The molecule has 106 valence electrons. The van der Waals surface area contributed by atoms with Crippen molar-refractivity contribution in [1.82, 2.24) is 5.32 Å². The summed E-state index contributed by atoms with van der Waals surface area (Å²) in [5.41, 5.74) is 1.32. The number of benzene rings is 1. The van der Waals surface area contributed by atoms with E-state index >= 15 is 0 Å². The van der Waals surface area contributed by atoms with Crippen LogP contribution in [0.3, 0.4) is 0 Å². The highest BCUT2D eigenvalue weighted by Crippen LogP contribution is 2.30. The summed E-state index contributed by atoms with van der Waals surface area (Å²) in [6.07, 6.45) is 4.06. The number of rotatable bonds is 7. The van der Waals surface area contributed by atoms with E-state index in [4.69, 9.17) is 4.74 Å². The van der Waals surface area contributed by atoms with E-state index in [0.717, 1.165) is 24.2 Å². The minimum atomic E-state index is 0.681. The third-order valence-corrected chi connectivity index (χ3v) is 4.94. The fraction of sp³-hybridized carbons (Fsp3) is 0.625. The Balaban J connectivity index is 1.85. The highest BCUT2D eigenvalue weighted by atomic mass is 32.2. The third-order valence-electron chi connectivity index (χ3n) is 3.61. The molecule has 1 N–H and O–H groups in total. The first-order valence-corrected chi connectivity index (χ1v) is 8.45. The van der Waals surface area contributed by atoms with Crippen LogP contribution in [0.5, 0.6) is 5.75 Å². The van der Waals surface area contributed by atoms with Crippen molar-refractivity contribution in [2.45, 2.75) is 50.9 Å². The second-order valence-corrected chi connectivity index (χ2v) is 6.51. The van der Waals surface area contributed by atoms with Crippen molar-refractivity contribution < 1.29 is 4.74 Å². The Hall–Kier alpha value is -0.670. The van der Waals surface area contributed by atoms with E-state index in [1.54, 1.807) is 0 Å². The van der Waals surface area contributed by atoms with Crippen LogP contribution in [-0.4, -0.2) is 23.7 Å². The molecule has 0 spiro atoms. The largest absolute Gasteiger partial charge is 0.494 e. The van der Waals surface area contributed by atoms with Gasteiger partial charge in [0.25, 0.3) is 0 Å². The zero-order valence-corrected chi connectivity index (χ0v) is 12.8. The zero-order valence-electron chi connectivity index (χ0n) is 12.0. The van der Waals surface area contributed by atoms with E-state index < -0.39 is 0 Å². The number of nitrogens with one attached hydrogen (secondary N) is 1. The maximum atomic E-state index is 5.55. The van der Waals surface area contributed by atoms with Crippen molar-refractivity contribution in [3.63, 3.8) is 0 Å². The first-order chi connectivity index (χ1) is 9.33. The predicted molar refractivity (Wildman–Crippen MR) is 84.0 cm³/mol. The lowest BCUT2D eigenvalue weighted by Gasteiger charge is -2.20. The summed E-state index contributed by atoms with van der Waals surface area (Å²) in [6.45, 7) is 5.96. The molecule has 0 amide bonds. The quantitative estimate of drug-likeness (QED) is 0.819. The Kier molecular flexibility index (Phi) is 6.05. The van der Waals surface area contributed by atoms with Gasteiger partial charge in [0.1, 0.15) is 5.75 Å². The predicted octanol–water partition coefficient (Wildman–Crippen LogP) is 3.85. The molecule has 0 bridgehead atoms. The molecule has 0 heterocycles. The fourth-order valence-electron chi connectivity index (χ4n) is 2.73. The van der Waals surface area contributed by atoms with Gasteiger partial charge in [-0.1, -0.05) is 25.5 Å². The second kappa shape index (κ2) is 7.81. The summed E-state index contributed by atoms with van der Waals surface area (Å²) in [4.78, 5) is 0. The van der Waals surface area contributed by atoms with Gasteiger partial charge in [0.15, 0.2) is 0 Å². The highest BCUT2D eigenvalue weighted by molar-refractivity contribution is 7.99. The third kappa shape index (κ3) is 4.43. The number of ether oxygens (including phenoxy) is 1. The average molecular weight is 279 g/mol. The van der Waals surface area contributed by atoms with Crippen LogP contribution < -0.4 is 10.1 Å². The smallest absolute Gasteiger partial charge is 0.119 e. The molecule has 1 aliphatic rings. The van der Waals surface area contributed by atoms with Gasteiger partial charge in [0.2, 0.25) is 0 Å². The van der Waals surface area contributed by atoms with Gasteiger partial charge in [-0.05, 0) is 43.2 Å². The maximum absolute atomic E-state index is 5.55.